The van der Waals surface area contributed by atoms with Crippen LogP contribution < -0.4 is 0 Å². The highest BCUT2D eigenvalue weighted by atomic mass is 16.5. The Bertz CT molecular complexity index is 382. The number of aliphatic imine (C=N–C) groups is 1. The molecule has 0 saturated heterocycles. The van der Waals surface area contributed by atoms with Crippen LogP contribution in [0.5, 0.6) is 0 Å². The van der Waals surface area contributed by atoms with Crippen LogP contribution in [0.3, 0.4) is 0 Å². The molecule has 1 aromatic rings. The summed E-state index contributed by atoms with van der Waals surface area (Å²) in [5, 5.41) is 8.75. The van der Waals surface area contributed by atoms with Crippen molar-refractivity contribution >= 4 is 17.9 Å². The van der Waals surface area contributed by atoms with Crippen LogP contribution in [0.4, 0.5) is 5.69 Å². The number of carbonyl (C=O) groups excluding carboxylic acids is 1. The number of hydrogen-bond acceptors (Lipinski definition) is 4. The SMILES string of the molecule is COC(=O)/C(C=Nc1ccccc1)=C\O. The van der Waals surface area contributed by atoms with Crippen molar-refractivity contribution < 1.29 is 14.6 Å². The number of aliphatic hydroxyl groups is 1. The van der Waals surface area contributed by atoms with E-state index in [2.05, 4.69) is 9.73 Å². The van der Waals surface area contributed by atoms with Gasteiger partial charge in [-0.25, -0.2) is 4.79 Å². The first-order valence-corrected chi connectivity index (χ1v) is 4.29. The molecule has 78 valence electrons. The number of benzene rings is 1. The molecule has 1 rings (SSSR count). The van der Waals surface area contributed by atoms with E-state index in [1.807, 2.05) is 18.2 Å². The summed E-state index contributed by atoms with van der Waals surface area (Å²) in [6.07, 6.45) is 1.92. The van der Waals surface area contributed by atoms with Crippen molar-refractivity contribution in [1.82, 2.24) is 0 Å². The highest BCUT2D eigenvalue weighted by Crippen LogP contribution is 2.09. The lowest BCUT2D eigenvalue weighted by molar-refractivity contribution is -0.135. The molecule has 0 bridgehead atoms. The maximum atomic E-state index is 11.0. The van der Waals surface area contributed by atoms with Gasteiger partial charge in [-0.3, -0.25) is 4.99 Å². The number of carbonyl (C=O) groups is 1. The molecule has 1 aromatic carbocycles. The Hall–Kier alpha value is -2.10. The minimum Gasteiger partial charge on any atom is -0.515 e. The lowest BCUT2D eigenvalue weighted by atomic mass is 10.3. The fourth-order valence-corrected chi connectivity index (χ4v) is 0.915. The average molecular weight is 205 g/mol. The van der Waals surface area contributed by atoms with Crippen molar-refractivity contribution in [3.05, 3.63) is 42.2 Å². The summed E-state index contributed by atoms with van der Waals surface area (Å²) in [5.41, 5.74) is 0.696. The van der Waals surface area contributed by atoms with Gasteiger partial charge in [0.25, 0.3) is 0 Å². The van der Waals surface area contributed by atoms with Gasteiger partial charge in [0, 0.05) is 6.21 Å². The van der Waals surface area contributed by atoms with Gasteiger partial charge >= 0.3 is 5.97 Å². The first-order chi connectivity index (χ1) is 7.27. The third-order valence-electron chi connectivity index (χ3n) is 1.67. The van der Waals surface area contributed by atoms with E-state index in [0.717, 1.165) is 0 Å². The summed E-state index contributed by atoms with van der Waals surface area (Å²) < 4.78 is 4.43. The highest BCUT2D eigenvalue weighted by molar-refractivity contribution is 6.09. The monoisotopic (exact) mass is 205 g/mol. The van der Waals surface area contributed by atoms with Crippen molar-refractivity contribution in [1.29, 1.82) is 0 Å². The molecule has 0 fully saturated rings. The summed E-state index contributed by atoms with van der Waals surface area (Å²) in [4.78, 5) is 15.0. The Kier molecular flexibility index (Phi) is 4.09. The molecule has 0 amide bonds. The van der Waals surface area contributed by atoms with Crippen LogP contribution in [-0.2, 0) is 9.53 Å². The van der Waals surface area contributed by atoms with Gasteiger partial charge < -0.3 is 9.84 Å². The minimum absolute atomic E-state index is 0.00125. The van der Waals surface area contributed by atoms with Crippen LogP contribution in [0.2, 0.25) is 0 Å². The average Bonchev–Trinajstić information content (AvgIpc) is 2.31. The Morgan fingerprint density at radius 3 is 2.60 bits per heavy atom. The molecule has 4 nitrogen and oxygen atoms in total. The second-order valence-corrected chi connectivity index (χ2v) is 2.67. The zero-order valence-corrected chi connectivity index (χ0v) is 8.25. The minimum atomic E-state index is -0.628. The molecule has 0 radical (unpaired) electrons. The fourth-order valence-electron chi connectivity index (χ4n) is 0.915. The highest BCUT2D eigenvalue weighted by Gasteiger charge is 2.05. The molecule has 0 heterocycles. The van der Waals surface area contributed by atoms with E-state index < -0.39 is 5.97 Å². The first-order valence-electron chi connectivity index (χ1n) is 4.29. The lowest BCUT2D eigenvalue weighted by Crippen LogP contribution is -2.05. The van der Waals surface area contributed by atoms with Gasteiger partial charge in [-0.1, -0.05) is 18.2 Å². The Morgan fingerprint density at radius 2 is 2.07 bits per heavy atom. The van der Waals surface area contributed by atoms with E-state index in [1.165, 1.54) is 13.3 Å². The predicted molar refractivity (Wildman–Crippen MR) is 57.3 cm³/mol. The molecule has 0 atom stereocenters. The van der Waals surface area contributed by atoms with Crippen LogP contribution in [0.25, 0.3) is 0 Å². The lowest BCUT2D eigenvalue weighted by Gasteiger charge is -1.96. The van der Waals surface area contributed by atoms with Gasteiger partial charge in [0.05, 0.1) is 19.1 Å². The van der Waals surface area contributed by atoms with E-state index in [9.17, 15) is 4.79 Å². The van der Waals surface area contributed by atoms with E-state index in [-0.39, 0.29) is 5.57 Å². The molecular formula is C11H11NO3. The topological polar surface area (TPSA) is 58.9 Å². The smallest absolute Gasteiger partial charge is 0.342 e. The standard InChI is InChI=1S/C11H11NO3/c1-15-11(14)9(8-13)7-12-10-5-3-2-4-6-10/h2-8,13H,1H3/b9-8-,12-7?. The molecule has 0 aliphatic rings. The largest absolute Gasteiger partial charge is 0.515 e. The quantitative estimate of drug-likeness (QED) is 0.355. The van der Waals surface area contributed by atoms with Gasteiger partial charge in [0.15, 0.2) is 0 Å². The Labute approximate surface area is 87.5 Å². The number of nitrogens with zero attached hydrogens (tertiary/aromatic N) is 1. The molecule has 4 heteroatoms. The van der Waals surface area contributed by atoms with Crippen molar-refractivity contribution in [2.75, 3.05) is 7.11 Å². The normalized spacial score (nSPS) is 11.7. The second-order valence-electron chi connectivity index (χ2n) is 2.67. The van der Waals surface area contributed by atoms with Crippen LogP contribution in [0.15, 0.2) is 47.2 Å². The second kappa shape index (κ2) is 5.59. The zero-order chi connectivity index (χ0) is 11.1. The summed E-state index contributed by atoms with van der Waals surface area (Å²) >= 11 is 0. The Balaban J connectivity index is 2.77. The number of aliphatic hydroxyl groups excluding tert-OH is 1. The third-order valence-corrected chi connectivity index (χ3v) is 1.67. The molecule has 0 aliphatic carbocycles. The molecule has 0 unspecified atom stereocenters. The number of ether oxygens (including phenoxy) is 1. The van der Waals surface area contributed by atoms with Crippen LogP contribution in [-0.4, -0.2) is 24.4 Å². The van der Waals surface area contributed by atoms with Crippen LogP contribution in [0.1, 0.15) is 0 Å². The Morgan fingerprint density at radius 1 is 1.40 bits per heavy atom. The van der Waals surface area contributed by atoms with E-state index in [4.69, 9.17) is 5.11 Å². The molecule has 0 saturated carbocycles. The molecular weight excluding hydrogens is 194 g/mol. The fraction of sp³-hybridized carbons (Fsp3) is 0.0909. The maximum absolute atomic E-state index is 11.0. The molecule has 15 heavy (non-hydrogen) atoms. The summed E-state index contributed by atoms with van der Waals surface area (Å²) in [6, 6.07) is 9.08. The summed E-state index contributed by atoms with van der Waals surface area (Å²) in [7, 11) is 1.24. The first kappa shape index (κ1) is 11.0. The number of para-hydroxylation sites is 1. The van der Waals surface area contributed by atoms with Gasteiger partial charge in [-0.15, -0.1) is 0 Å². The molecule has 0 spiro atoms. The third kappa shape index (κ3) is 3.27. The number of hydrogen-bond donors (Lipinski definition) is 1. The molecule has 1 N–H and O–H groups in total. The maximum Gasteiger partial charge on any atom is 0.342 e. The van der Waals surface area contributed by atoms with Gasteiger partial charge in [0.2, 0.25) is 0 Å². The molecule has 0 aliphatic heterocycles. The van der Waals surface area contributed by atoms with E-state index in [0.29, 0.717) is 11.9 Å². The molecule has 0 aromatic heterocycles. The van der Waals surface area contributed by atoms with E-state index >= 15 is 0 Å². The summed E-state index contributed by atoms with van der Waals surface area (Å²) in [6.45, 7) is 0. The summed E-state index contributed by atoms with van der Waals surface area (Å²) in [5.74, 6) is -0.628. The number of rotatable bonds is 3. The van der Waals surface area contributed by atoms with Crippen molar-refractivity contribution in [2.45, 2.75) is 0 Å². The van der Waals surface area contributed by atoms with E-state index in [1.54, 1.807) is 12.1 Å². The van der Waals surface area contributed by atoms with Gasteiger partial charge in [-0.05, 0) is 12.1 Å². The zero-order valence-electron chi connectivity index (χ0n) is 8.25. The van der Waals surface area contributed by atoms with Crippen molar-refractivity contribution in [3.8, 4) is 0 Å². The van der Waals surface area contributed by atoms with Crippen molar-refractivity contribution in [2.24, 2.45) is 4.99 Å². The van der Waals surface area contributed by atoms with Crippen LogP contribution >= 0.6 is 0 Å². The predicted octanol–water partition coefficient (Wildman–Crippen LogP) is 2.00. The van der Waals surface area contributed by atoms with Crippen LogP contribution in [0, 0.1) is 0 Å². The number of methoxy groups -OCH3 is 1. The van der Waals surface area contributed by atoms with Gasteiger partial charge in [0.1, 0.15) is 5.57 Å². The van der Waals surface area contributed by atoms with Crippen molar-refractivity contribution in [3.63, 3.8) is 0 Å². The number of esters is 1. The van der Waals surface area contributed by atoms with Gasteiger partial charge in [-0.2, -0.15) is 0 Å².